The van der Waals surface area contributed by atoms with Gasteiger partial charge in [-0.15, -0.1) is 11.3 Å². The fraction of sp³-hybridized carbons (Fsp3) is 0.0625. The van der Waals surface area contributed by atoms with Crippen molar-refractivity contribution in [3.63, 3.8) is 0 Å². The normalized spacial score (nSPS) is 13.8. The first-order valence-corrected chi connectivity index (χ1v) is 23.8. The van der Waals surface area contributed by atoms with Gasteiger partial charge in [-0.3, -0.25) is 0 Å². The lowest BCUT2D eigenvalue weighted by Crippen LogP contribution is -2.40. The van der Waals surface area contributed by atoms with E-state index in [1.165, 1.54) is 98.1 Å². The van der Waals surface area contributed by atoms with Gasteiger partial charge < -0.3 is 4.90 Å². The van der Waals surface area contributed by atoms with Gasteiger partial charge in [0, 0.05) is 42.5 Å². The van der Waals surface area contributed by atoms with Gasteiger partial charge in [-0.25, -0.2) is 0 Å². The summed E-state index contributed by atoms with van der Waals surface area (Å²) in [6.45, 7) is 4.79. The summed E-state index contributed by atoms with van der Waals surface area (Å²) in [7, 11) is 0. The second-order valence-electron chi connectivity index (χ2n) is 18.3. The van der Waals surface area contributed by atoms with Gasteiger partial charge in [0.25, 0.3) is 0 Å². The zero-order chi connectivity index (χ0) is 44.0. The number of benzene rings is 10. The van der Waals surface area contributed by atoms with Crippen LogP contribution < -0.4 is 4.90 Å². The molecule has 11 aromatic rings. The van der Waals surface area contributed by atoms with E-state index in [2.05, 4.69) is 255 Å². The first kappa shape index (κ1) is 38.7. The van der Waals surface area contributed by atoms with E-state index in [1.54, 1.807) is 0 Å². The Bertz CT molecular complexity index is 3650. The molecule has 0 unspecified atom stereocenters. The molecule has 0 saturated carbocycles. The average Bonchev–Trinajstić information content (AvgIpc) is 3.90. The van der Waals surface area contributed by atoms with Crippen LogP contribution in [0.15, 0.2) is 237 Å². The van der Waals surface area contributed by atoms with Crippen LogP contribution in [-0.4, -0.2) is 0 Å². The molecule has 0 amide bonds. The Morgan fingerprint density at radius 3 is 1.50 bits per heavy atom. The highest BCUT2D eigenvalue weighted by Gasteiger charge is 2.53. The van der Waals surface area contributed by atoms with E-state index in [0.717, 1.165) is 17.1 Å². The molecule has 2 aliphatic rings. The second kappa shape index (κ2) is 14.9. The SMILES string of the molecule is CC1(C)c2ccccc2C2(c3ccccc3-c3cc(N(c4ccc5sc6ccccc6c5c4)c4ccccc4-c4ccccc4-c4ccccc4-c4ccccc4)ccc32)c2ccccc21. The van der Waals surface area contributed by atoms with Crippen molar-refractivity contribution in [2.24, 2.45) is 0 Å². The minimum atomic E-state index is -0.463. The zero-order valence-electron chi connectivity index (χ0n) is 36.9. The molecule has 1 aromatic heterocycles. The first-order valence-electron chi connectivity index (χ1n) is 23.0. The number of rotatable bonds is 6. The Morgan fingerprint density at radius 2 is 0.788 bits per heavy atom. The molecule has 1 spiro atoms. The third-order valence-corrected chi connectivity index (χ3v) is 15.7. The van der Waals surface area contributed by atoms with Gasteiger partial charge >= 0.3 is 0 Å². The Hall–Kier alpha value is -7.78. The lowest BCUT2D eigenvalue weighted by molar-refractivity contribution is 0.563. The van der Waals surface area contributed by atoms with Crippen LogP contribution in [0.4, 0.5) is 17.1 Å². The summed E-state index contributed by atoms with van der Waals surface area (Å²) in [4.78, 5) is 2.51. The van der Waals surface area contributed by atoms with E-state index < -0.39 is 5.41 Å². The second-order valence-corrected chi connectivity index (χ2v) is 19.4. The van der Waals surface area contributed by atoms with Crippen LogP contribution in [-0.2, 0) is 10.8 Å². The van der Waals surface area contributed by atoms with Crippen LogP contribution in [0.3, 0.4) is 0 Å². The van der Waals surface area contributed by atoms with Gasteiger partial charge in [0.1, 0.15) is 0 Å². The van der Waals surface area contributed by atoms with E-state index in [-0.39, 0.29) is 5.41 Å². The van der Waals surface area contributed by atoms with Crippen molar-refractivity contribution in [2.45, 2.75) is 24.7 Å². The zero-order valence-corrected chi connectivity index (χ0v) is 37.7. The molecule has 0 fully saturated rings. The van der Waals surface area contributed by atoms with Crippen LogP contribution in [0.5, 0.6) is 0 Å². The number of nitrogens with zero attached hydrogens (tertiary/aromatic N) is 1. The summed E-state index contributed by atoms with van der Waals surface area (Å²) < 4.78 is 2.59. The molecule has 0 N–H and O–H groups in total. The fourth-order valence-electron chi connectivity index (χ4n) is 11.7. The topological polar surface area (TPSA) is 3.24 Å². The molecule has 2 heteroatoms. The van der Waals surface area contributed by atoms with Gasteiger partial charge in [-0.05, 0) is 115 Å². The summed E-state index contributed by atoms with van der Waals surface area (Å²) in [5.41, 5.74) is 20.7. The van der Waals surface area contributed by atoms with Crippen molar-refractivity contribution < 1.29 is 0 Å². The van der Waals surface area contributed by atoms with Crippen LogP contribution >= 0.6 is 11.3 Å². The largest absolute Gasteiger partial charge is 0.310 e. The minimum Gasteiger partial charge on any atom is -0.310 e. The van der Waals surface area contributed by atoms with Crippen LogP contribution in [0.1, 0.15) is 47.2 Å². The lowest BCUT2D eigenvalue weighted by Gasteiger charge is -2.46. The molecule has 0 saturated heterocycles. The summed E-state index contributed by atoms with van der Waals surface area (Å²) in [6, 6.07) is 88.3. The summed E-state index contributed by atoms with van der Waals surface area (Å²) in [5.74, 6) is 0. The minimum absolute atomic E-state index is 0.154. The predicted octanol–water partition coefficient (Wildman–Crippen LogP) is 17.5. The Balaban J connectivity index is 1.07. The first-order chi connectivity index (χ1) is 32.5. The highest BCUT2D eigenvalue weighted by atomic mass is 32.1. The molecule has 13 rings (SSSR count). The smallest absolute Gasteiger partial charge is 0.0719 e. The van der Waals surface area contributed by atoms with Crippen molar-refractivity contribution in [2.75, 3.05) is 4.90 Å². The van der Waals surface area contributed by atoms with Gasteiger partial charge in [-0.1, -0.05) is 208 Å². The molecule has 1 nitrogen and oxygen atoms in total. The third-order valence-electron chi connectivity index (χ3n) is 14.6. The number of para-hydroxylation sites is 1. The molecule has 10 aromatic carbocycles. The molecular formula is C64H45NS. The summed E-state index contributed by atoms with van der Waals surface area (Å²) >= 11 is 1.86. The van der Waals surface area contributed by atoms with Crippen LogP contribution in [0, 0.1) is 0 Å². The summed E-state index contributed by atoms with van der Waals surface area (Å²) in [6.07, 6.45) is 0. The number of hydrogen-bond donors (Lipinski definition) is 0. The van der Waals surface area contributed by atoms with Gasteiger partial charge in [0.05, 0.1) is 11.1 Å². The monoisotopic (exact) mass is 859 g/mol. The van der Waals surface area contributed by atoms with Crippen molar-refractivity contribution in [1.82, 2.24) is 0 Å². The van der Waals surface area contributed by atoms with E-state index in [1.807, 2.05) is 11.3 Å². The molecule has 0 aliphatic heterocycles. The Kier molecular flexibility index (Phi) is 8.72. The molecular weight excluding hydrogens is 815 g/mol. The maximum Gasteiger partial charge on any atom is 0.0719 e. The maximum absolute atomic E-state index is 2.51. The average molecular weight is 860 g/mol. The van der Waals surface area contributed by atoms with E-state index >= 15 is 0 Å². The van der Waals surface area contributed by atoms with Crippen molar-refractivity contribution in [1.29, 1.82) is 0 Å². The highest BCUT2D eigenvalue weighted by Crippen LogP contribution is 2.63. The van der Waals surface area contributed by atoms with Crippen molar-refractivity contribution in [3.05, 3.63) is 270 Å². The van der Waals surface area contributed by atoms with E-state index in [4.69, 9.17) is 0 Å². The van der Waals surface area contributed by atoms with Crippen LogP contribution in [0.25, 0.3) is 64.7 Å². The fourth-order valence-corrected chi connectivity index (χ4v) is 12.8. The van der Waals surface area contributed by atoms with Gasteiger partial charge in [-0.2, -0.15) is 0 Å². The van der Waals surface area contributed by atoms with E-state index in [9.17, 15) is 0 Å². The molecule has 1 heterocycles. The van der Waals surface area contributed by atoms with Gasteiger partial charge in [0.2, 0.25) is 0 Å². The molecule has 312 valence electrons. The number of thiophene rings is 1. The summed E-state index contributed by atoms with van der Waals surface area (Å²) in [5, 5.41) is 2.56. The molecule has 66 heavy (non-hydrogen) atoms. The van der Waals surface area contributed by atoms with Gasteiger partial charge in [0.15, 0.2) is 0 Å². The quantitative estimate of drug-likeness (QED) is 0.161. The maximum atomic E-state index is 2.51. The van der Waals surface area contributed by atoms with Crippen molar-refractivity contribution in [3.8, 4) is 44.5 Å². The lowest BCUT2D eigenvalue weighted by atomic mass is 9.55. The Labute approximate surface area is 390 Å². The molecule has 2 aliphatic carbocycles. The number of fused-ring (bicyclic) bond motifs is 12. The standard InChI is InChI=1S/C64H45NS/c1-63(2)56-30-14-16-32-58(56)64(59-33-17-15-31-57(59)63)54-29-13-10-26-49(54)52-40-43(36-38-55(52)64)65(44-37-39-62-53(41-44)51-28-12-19-35-61(51)66-62)60-34-18-11-27-50(60)48-25-9-8-24-47(48)46-23-7-6-22-45(46)42-20-4-3-5-21-42/h3-41H,1-2H3. The number of anilines is 3. The molecule has 0 atom stereocenters. The molecule has 0 radical (unpaired) electrons. The van der Waals surface area contributed by atoms with Crippen molar-refractivity contribution >= 4 is 48.6 Å². The predicted molar refractivity (Wildman–Crippen MR) is 280 cm³/mol. The van der Waals surface area contributed by atoms with E-state index in [0.29, 0.717) is 0 Å². The number of hydrogen-bond acceptors (Lipinski definition) is 2. The third kappa shape index (κ3) is 5.58. The highest BCUT2D eigenvalue weighted by molar-refractivity contribution is 7.25. The van der Waals surface area contributed by atoms with Crippen LogP contribution in [0.2, 0.25) is 0 Å². The molecule has 0 bridgehead atoms. The Morgan fingerprint density at radius 1 is 0.318 bits per heavy atom.